The topological polar surface area (TPSA) is 93.5 Å². The normalized spacial score (nSPS) is 19.4. The number of aromatic nitrogens is 2. The van der Waals surface area contributed by atoms with Gasteiger partial charge in [-0.2, -0.15) is 5.10 Å². The van der Waals surface area contributed by atoms with Crippen molar-refractivity contribution in [2.24, 2.45) is 7.05 Å². The summed E-state index contributed by atoms with van der Waals surface area (Å²) in [6.07, 6.45) is 3.47. The fourth-order valence-electron chi connectivity index (χ4n) is 2.21. The number of sulfonamides is 1. The monoisotopic (exact) mass is 316 g/mol. The molecule has 1 aliphatic heterocycles. The number of aryl methyl sites for hydroxylation is 1. The molecule has 1 aromatic heterocycles. The zero-order chi connectivity index (χ0) is 15.5. The Balaban J connectivity index is 1.93. The van der Waals surface area contributed by atoms with Gasteiger partial charge in [0, 0.05) is 38.9 Å². The van der Waals surface area contributed by atoms with Crippen LogP contribution in [0.3, 0.4) is 0 Å². The summed E-state index contributed by atoms with van der Waals surface area (Å²) in [5.41, 5.74) is 0.679. The molecule has 0 radical (unpaired) electrons. The second kappa shape index (κ2) is 6.54. The van der Waals surface area contributed by atoms with E-state index in [-0.39, 0.29) is 24.7 Å². The van der Waals surface area contributed by atoms with Crippen molar-refractivity contribution in [2.45, 2.75) is 19.4 Å². The van der Waals surface area contributed by atoms with Gasteiger partial charge in [-0.1, -0.05) is 0 Å². The molecule has 0 spiro atoms. The average molecular weight is 316 g/mol. The Morgan fingerprint density at radius 3 is 2.90 bits per heavy atom. The van der Waals surface area contributed by atoms with Crippen LogP contribution in [0.2, 0.25) is 0 Å². The summed E-state index contributed by atoms with van der Waals surface area (Å²) in [5.74, 6) is -0.209. The van der Waals surface area contributed by atoms with Crippen LogP contribution in [0, 0.1) is 0 Å². The number of nitrogens with one attached hydrogen (secondary N) is 1. The van der Waals surface area contributed by atoms with E-state index in [1.807, 2.05) is 6.92 Å². The van der Waals surface area contributed by atoms with E-state index in [4.69, 9.17) is 4.74 Å². The van der Waals surface area contributed by atoms with Crippen LogP contribution >= 0.6 is 0 Å². The van der Waals surface area contributed by atoms with E-state index in [1.54, 1.807) is 29.0 Å². The van der Waals surface area contributed by atoms with Crippen molar-refractivity contribution in [1.29, 1.82) is 0 Å². The van der Waals surface area contributed by atoms with E-state index in [0.29, 0.717) is 18.8 Å². The summed E-state index contributed by atoms with van der Waals surface area (Å²) in [6, 6.07) is -0.413. The number of nitrogens with zero attached hydrogens (tertiary/aromatic N) is 3. The quantitative estimate of drug-likeness (QED) is 0.683. The largest absolute Gasteiger partial charge is 0.381 e. The molecule has 21 heavy (non-hydrogen) atoms. The minimum Gasteiger partial charge on any atom is -0.381 e. The zero-order valence-electron chi connectivity index (χ0n) is 12.2. The third-order valence-electron chi connectivity index (χ3n) is 3.17. The van der Waals surface area contributed by atoms with Gasteiger partial charge >= 0.3 is 0 Å². The summed E-state index contributed by atoms with van der Waals surface area (Å²) < 4.78 is 32.9. The van der Waals surface area contributed by atoms with Crippen LogP contribution in [-0.4, -0.2) is 55.7 Å². The van der Waals surface area contributed by atoms with Gasteiger partial charge in [0.2, 0.25) is 15.9 Å². The Morgan fingerprint density at radius 2 is 2.29 bits per heavy atom. The molecule has 1 unspecified atom stereocenters. The van der Waals surface area contributed by atoms with Crippen molar-refractivity contribution < 1.29 is 17.9 Å². The highest BCUT2D eigenvalue weighted by Crippen LogP contribution is 2.20. The summed E-state index contributed by atoms with van der Waals surface area (Å²) >= 11 is 0. The Hall–Kier alpha value is -1.45. The molecule has 2 heterocycles. The van der Waals surface area contributed by atoms with Gasteiger partial charge in [-0.05, 0) is 6.92 Å². The standard InChI is InChI=1S/C12H20N4O4S/c1-3-20-4-5-21(18,19)14-10-6-12(17)16(8-10)11-7-13-15(2)9-11/h7,9-10,14H,3-6,8H2,1-2H3. The van der Waals surface area contributed by atoms with Gasteiger partial charge in [0.15, 0.2) is 0 Å². The maximum atomic E-state index is 12.0. The first-order valence-corrected chi connectivity index (χ1v) is 8.43. The summed E-state index contributed by atoms with van der Waals surface area (Å²) in [6.45, 7) is 2.75. The Kier molecular flexibility index (Phi) is 4.96. The minimum absolute atomic E-state index is 0.0988. The zero-order valence-corrected chi connectivity index (χ0v) is 13.0. The number of hydrogen-bond donors (Lipinski definition) is 1. The van der Waals surface area contributed by atoms with Crippen molar-refractivity contribution in [3.8, 4) is 0 Å². The van der Waals surface area contributed by atoms with Crippen LogP contribution in [0.5, 0.6) is 0 Å². The lowest BCUT2D eigenvalue weighted by atomic mass is 10.3. The molecular weight excluding hydrogens is 296 g/mol. The smallest absolute Gasteiger partial charge is 0.228 e. The molecule has 1 N–H and O–H groups in total. The van der Waals surface area contributed by atoms with Crippen molar-refractivity contribution in [3.05, 3.63) is 12.4 Å². The van der Waals surface area contributed by atoms with Crippen LogP contribution in [0.15, 0.2) is 12.4 Å². The predicted molar refractivity (Wildman–Crippen MR) is 77.4 cm³/mol. The molecule has 1 aliphatic rings. The van der Waals surface area contributed by atoms with Gasteiger partial charge in [0.05, 0.1) is 24.2 Å². The number of rotatable bonds is 7. The van der Waals surface area contributed by atoms with Gasteiger partial charge < -0.3 is 9.64 Å². The fourth-order valence-corrected chi connectivity index (χ4v) is 3.33. The SMILES string of the molecule is CCOCCS(=O)(=O)NC1CC(=O)N(c2cnn(C)c2)C1. The third-order valence-corrected chi connectivity index (χ3v) is 4.57. The third kappa shape index (κ3) is 4.26. The van der Waals surface area contributed by atoms with Gasteiger partial charge in [0.1, 0.15) is 0 Å². The van der Waals surface area contributed by atoms with Gasteiger partial charge in [0.25, 0.3) is 0 Å². The molecule has 1 saturated heterocycles. The number of ether oxygens (including phenoxy) is 1. The van der Waals surface area contributed by atoms with E-state index in [1.165, 1.54) is 0 Å². The van der Waals surface area contributed by atoms with E-state index >= 15 is 0 Å². The van der Waals surface area contributed by atoms with E-state index < -0.39 is 16.1 Å². The van der Waals surface area contributed by atoms with Crippen molar-refractivity contribution >= 4 is 21.6 Å². The highest BCUT2D eigenvalue weighted by Gasteiger charge is 2.33. The lowest BCUT2D eigenvalue weighted by Gasteiger charge is -2.15. The Labute approximate surface area is 124 Å². The molecule has 0 saturated carbocycles. The average Bonchev–Trinajstić information content (AvgIpc) is 2.95. The lowest BCUT2D eigenvalue weighted by Crippen LogP contribution is -2.39. The van der Waals surface area contributed by atoms with Crippen molar-refractivity contribution in [1.82, 2.24) is 14.5 Å². The minimum atomic E-state index is -3.44. The van der Waals surface area contributed by atoms with Gasteiger partial charge in [-0.3, -0.25) is 9.48 Å². The molecule has 0 aromatic carbocycles. The molecule has 118 valence electrons. The Bertz CT molecular complexity index is 598. The first-order valence-electron chi connectivity index (χ1n) is 6.78. The molecule has 1 fully saturated rings. The van der Waals surface area contributed by atoms with Gasteiger partial charge in [-0.15, -0.1) is 0 Å². The summed E-state index contributed by atoms with van der Waals surface area (Å²) in [7, 11) is -1.67. The predicted octanol–water partition coefficient (Wildman–Crippen LogP) is -0.519. The maximum absolute atomic E-state index is 12.0. The van der Waals surface area contributed by atoms with Crippen LogP contribution < -0.4 is 9.62 Å². The number of anilines is 1. The molecule has 9 heteroatoms. The fraction of sp³-hybridized carbons (Fsp3) is 0.667. The van der Waals surface area contributed by atoms with E-state index in [0.717, 1.165) is 0 Å². The van der Waals surface area contributed by atoms with Crippen LogP contribution in [0.4, 0.5) is 5.69 Å². The molecule has 1 aromatic rings. The van der Waals surface area contributed by atoms with Gasteiger partial charge in [-0.25, -0.2) is 13.1 Å². The van der Waals surface area contributed by atoms with Crippen molar-refractivity contribution in [2.75, 3.05) is 30.4 Å². The first kappa shape index (κ1) is 15.9. The number of carbonyl (C=O) groups excluding carboxylic acids is 1. The molecule has 8 nitrogen and oxygen atoms in total. The molecule has 0 aliphatic carbocycles. The molecule has 1 amide bonds. The summed E-state index contributed by atoms with van der Waals surface area (Å²) in [4.78, 5) is 13.5. The molecular formula is C12H20N4O4S. The maximum Gasteiger partial charge on any atom is 0.228 e. The highest BCUT2D eigenvalue weighted by molar-refractivity contribution is 7.89. The van der Waals surface area contributed by atoms with Crippen LogP contribution in [0.25, 0.3) is 0 Å². The lowest BCUT2D eigenvalue weighted by molar-refractivity contribution is -0.117. The second-order valence-electron chi connectivity index (χ2n) is 4.91. The number of amides is 1. The first-order chi connectivity index (χ1) is 9.91. The summed E-state index contributed by atoms with van der Waals surface area (Å²) in [5, 5.41) is 4.01. The molecule has 2 rings (SSSR count). The van der Waals surface area contributed by atoms with E-state index in [2.05, 4.69) is 9.82 Å². The van der Waals surface area contributed by atoms with Crippen LogP contribution in [0.1, 0.15) is 13.3 Å². The molecule has 1 atom stereocenters. The second-order valence-corrected chi connectivity index (χ2v) is 6.78. The molecule has 0 bridgehead atoms. The number of hydrogen-bond acceptors (Lipinski definition) is 5. The Morgan fingerprint density at radius 1 is 1.52 bits per heavy atom. The number of carbonyl (C=O) groups is 1. The van der Waals surface area contributed by atoms with Crippen molar-refractivity contribution in [3.63, 3.8) is 0 Å². The van der Waals surface area contributed by atoms with E-state index in [9.17, 15) is 13.2 Å². The highest BCUT2D eigenvalue weighted by atomic mass is 32.2. The van der Waals surface area contributed by atoms with Crippen LogP contribution in [-0.2, 0) is 26.6 Å².